The Hall–Kier alpha value is -2.40. The Labute approximate surface area is 142 Å². The predicted octanol–water partition coefficient (Wildman–Crippen LogP) is 2.45. The first-order chi connectivity index (χ1) is 11.5. The lowest BCUT2D eigenvalue weighted by molar-refractivity contribution is 0.0790. The fourth-order valence-corrected chi connectivity index (χ4v) is 3.09. The number of carbonyl (C=O) groups is 1. The second kappa shape index (κ2) is 7.01. The molecule has 1 aromatic heterocycles. The van der Waals surface area contributed by atoms with E-state index < -0.39 is 0 Å². The summed E-state index contributed by atoms with van der Waals surface area (Å²) in [5.74, 6) is 0.876. The average molecular weight is 325 g/mol. The van der Waals surface area contributed by atoms with Crippen LogP contribution >= 0.6 is 0 Å². The number of nitrogens with zero attached hydrogens (tertiary/aromatic N) is 2. The van der Waals surface area contributed by atoms with Gasteiger partial charge in [-0.05, 0) is 49.6 Å². The van der Waals surface area contributed by atoms with Crippen LogP contribution in [0.1, 0.15) is 33.5 Å². The van der Waals surface area contributed by atoms with Crippen LogP contribution in [0.3, 0.4) is 0 Å². The highest BCUT2D eigenvalue weighted by Crippen LogP contribution is 2.27. The molecule has 0 aliphatic carbocycles. The highest BCUT2D eigenvalue weighted by Gasteiger charge is 2.25. The van der Waals surface area contributed by atoms with E-state index in [4.69, 9.17) is 10.5 Å². The number of aryl methyl sites for hydroxylation is 2. The molecule has 1 aromatic carbocycles. The molecule has 0 saturated carbocycles. The summed E-state index contributed by atoms with van der Waals surface area (Å²) in [5, 5.41) is 0. The summed E-state index contributed by atoms with van der Waals surface area (Å²) >= 11 is 0. The molecule has 1 aliphatic rings. The first-order valence-corrected chi connectivity index (χ1v) is 8.22. The Morgan fingerprint density at radius 3 is 2.71 bits per heavy atom. The van der Waals surface area contributed by atoms with Crippen molar-refractivity contribution in [2.24, 2.45) is 5.73 Å². The predicted molar refractivity (Wildman–Crippen MR) is 93.0 cm³/mol. The molecule has 1 amide bonds. The van der Waals surface area contributed by atoms with E-state index in [0.717, 1.165) is 35.4 Å². The van der Waals surface area contributed by atoms with Gasteiger partial charge in [0.25, 0.3) is 5.91 Å². The zero-order chi connectivity index (χ0) is 17.1. The van der Waals surface area contributed by atoms with Gasteiger partial charge in [-0.2, -0.15) is 0 Å². The summed E-state index contributed by atoms with van der Waals surface area (Å²) in [4.78, 5) is 18.5. The summed E-state index contributed by atoms with van der Waals surface area (Å²) in [7, 11) is 0. The Balaban J connectivity index is 1.75. The van der Waals surface area contributed by atoms with Gasteiger partial charge in [0.15, 0.2) is 0 Å². The standard InChI is InChI=1S/C19H23N3O2/c1-13-8-16(19(23)22-7-5-17(20)11-22)9-14(2)18(13)24-12-15-4-3-6-21-10-15/h3-4,6,8-10,17H,5,7,11-12,20H2,1-2H3/t17-/m0/s1. The van der Waals surface area contributed by atoms with Crippen LogP contribution in [-0.4, -0.2) is 34.9 Å². The number of likely N-dealkylation sites (tertiary alicyclic amines) is 1. The molecule has 1 aliphatic heterocycles. The molecule has 5 heteroatoms. The van der Waals surface area contributed by atoms with Crippen molar-refractivity contribution >= 4 is 5.91 Å². The monoisotopic (exact) mass is 325 g/mol. The van der Waals surface area contributed by atoms with Gasteiger partial charge in [-0.3, -0.25) is 9.78 Å². The van der Waals surface area contributed by atoms with Gasteiger partial charge < -0.3 is 15.4 Å². The Kier molecular flexibility index (Phi) is 4.81. The zero-order valence-electron chi connectivity index (χ0n) is 14.2. The SMILES string of the molecule is Cc1cc(C(=O)N2CC[C@H](N)C2)cc(C)c1OCc1cccnc1. The van der Waals surface area contributed by atoms with Gasteiger partial charge in [-0.1, -0.05) is 6.07 Å². The molecular weight excluding hydrogens is 302 g/mol. The minimum Gasteiger partial charge on any atom is -0.488 e. The van der Waals surface area contributed by atoms with Gasteiger partial charge in [0.1, 0.15) is 12.4 Å². The third-order valence-electron chi connectivity index (χ3n) is 4.33. The molecule has 2 N–H and O–H groups in total. The first-order valence-electron chi connectivity index (χ1n) is 8.22. The Morgan fingerprint density at radius 2 is 2.12 bits per heavy atom. The first kappa shape index (κ1) is 16.5. The maximum atomic E-state index is 12.6. The van der Waals surface area contributed by atoms with Crippen LogP contribution in [0.4, 0.5) is 0 Å². The minimum absolute atomic E-state index is 0.0490. The number of benzene rings is 1. The smallest absolute Gasteiger partial charge is 0.253 e. The van der Waals surface area contributed by atoms with Crippen LogP contribution in [0.25, 0.3) is 0 Å². The van der Waals surface area contributed by atoms with Crippen LogP contribution in [0, 0.1) is 13.8 Å². The van der Waals surface area contributed by atoms with E-state index >= 15 is 0 Å². The van der Waals surface area contributed by atoms with Crippen LogP contribution in [0.15, 0.2) is 36.7 Å². The molecule has 2 aromatic rings. The number of nitrogens with two attached hydrogens (primary N) is 1. The van der Waals surface area contributed by atoms with Crippen molar-refractivity contribution in [3.63, 3.8) is 0 Å². The topological polar surface area (TPSA) is 68.5 Å². The summed E-state index contributed by atoms with van der Waals surface area (Å²) in [5.41, 5.74) is 9.55. The van der Waals surface area contributed by atoms with Crippen molar-refractivity contribution in [2.75, 3.05) is 13.1 Å². The van der Waals surface area contributed by atoms with E-state index in [1.807, 2.05) is 43.0 Å². The van der Waals surface area contributed by atoms with Gasteiger partial charge in [0.05, 0.1) is 0 Å². The molecule has 1 saturated heterocycles. The lowest BCUT2D eigenvalue weighted by Gasteiger charge is -2.18. The van der Waals surface area contributed by atoms with Gasteiger partial charge in [0.2, 0.25) is 0 Å². The second-order valence-electron chi connectivity index (χ2n) is 6.39. The zero-order valence-corrected chi connectivity index (χ0v) is 14.2. The lowest BCUT2D eigenvalue weighted by Crippen LogP contribution is -2.32. The molecule has 24 heavy (non-hydrogen) atoms. The Morgan fingerprint density at radius 1 is 1.38 bits per heavy atom. The summed E-state index contributed by atoms with van der Waals surface area (Å²) < 4.78 is 5.95. The number of rotatable bonds is 4. The van der Waals surface area contributed by atoms with Gasteiger partial charge in [-0.15, -0.1) is 0 Å². The highest BCUT2D eigenvalue weighted by molar-refractivity contribution is 5.95. The molecule has 0 spiro atoms. The van der Waals surface area contributed by atoms with Crippen molar-refractivity contribution < 1.29 is 9.53 Å². The number of ether oxygens (including phenoxy) is 1. The summed E-state index contributed by atoms with van der Waals surface area (Å²) in [6.07, 6.45) is 4.40. The number of amides is 1. The third kappa shape index (κ3) is 3.57. The molecule has 1 fully saturated rings. The lowest BCUT2D eigenvalue weighted by atomic mass is 10.0. The third-order valence-corrected chi connectivity index (χ3v) is 4.33. The maximum absolute atomic E-state index is 12.6. The van der Waals surface area contributed by atoms with Crippen LogP contribution in [0.5, 0.6) is 5.75 Å². The quantitative estimate of drug-likeness (QED) is 0.937. The molecule has 0 radical (unpaired) electrons. The number of hydrogen-bond donors (Lipinski definition) is 1. The number of aromatic nitrogens is 1. The number of hydrogen-bond acceptors (Lipinski definition) is 4. The van der Waals surface area contributed by atoms with Crippen molar-refractivity contribution in [1.29, 1.82) is 0 Å². The fourth-order valence-electron chi connectivity index (χ4n) is 3.09. The Bertz CT molecular complexity index is 708. The fraction of sp³-hybridized carbons (Fsp3) is 0.368. The van der Waals surface area contributed by atoms with Crippen LogP contribution < -0.4 is 10.5 Å². The molecule has 0 unspecified atom stereocenters. The van der Waals surface area contributed by atoms with E-state index in [-0.39, 0.29) is 11.9 Å². The summed E-state index contributed by atoms with van der Waals surface area (Å²) in [6.45, 7) is 5.77. The van der Waals surface area contributed by atoms with Crippen LogP contribution in [0.2, 0.25) is 0 Å². The highest BCUT2D eigenvalue weighted by atomic mass is 16.5. The van der Waals surface area contributed by atoms with Crippen molar-refractivity contribution in [3.05, 3.63) is 58.9 Å². The van der Waals surface area contributed by atoms with E-state index in [1.54, 1.807) is 12.4 Å². The average Bonchev–Trinajstić information content (AvgIpc) is 3.00. The van der Waals surface area contributed by atoms with Crippen molar-refractivity contribution in [2.45, 2.75) is 32.9 Å². The maximum Gasteiger partial charge on any atom is 0.253 e. The molecular formula is C19H23N3O2. The van der Waals surface area contributed by atoms with Gasteiger partial charge in [0, 0.05) is 42.7 Å². The van der Waals surface area contributed by atoms with E-state index in [2.05, 4.69) is 4.98 Å². The second-order valence-corrected chi connectivity index (χ2v) is 6.39. The van der Waals surface area contributed by atoms with Crippen LogP contribution in [-0.2, 0) is 6.61 Å². The molecule has 126 valence electrons. The van der Waals surface area contributed by atoms with Gasteiger partial charge >= 0.3 is 0 Å². The molecule has 1 atom stereocenters. The molecule has 2 heterocycles. The van der Waals surface area contributed by atoms with E-state index in [9.17, 15) is 4.79 Å². The number of pyridine rings is 1. The van der Waals surface area contributed by atoms with Crippen molar-refractivity contribution in [3.8, 4) is 5.75 Å². The molecule has 0 bridgehead atoms. The van der Waals surface area contributed by atoms with E-state index in [0.29, 0.717) is 18.7 Å². The van der Waals surface area contributed by atoms with Crippen molar-refractivity contribution in [1.82, 2.24) is 9.88 Å². The summed E-state index contributed by atoms with van der Waals surface area (Å²) in [6, 6.07) is 7.76. The number of carbonyl (C=O) groups excluding carboxylic acids is 1. The molecule has 5 nitrogen and oxygen atoms in total. The molecule has 3 rings (SSSR count). The minimum atomic E-state index is 0.0490. The van der Waals surface area contributed by atoms with E-state index in [1.165, 1.54) is 0 Å². The van der Waals surface area contributed by atoms with Gasteiger partial charge in [-0.25, -0.2) is 0 Å². The normalized spacial score (nSPS) is 17.1. The largest absolute Gasteiger partial charge is 0.488 e.